The van der Waals surface area contributed by atoms with Crippen LogP contribution >= 0.6 is 11.3 Å². The molecule has 0 saturated carbocycles. The van der Waals surface area contributed by atoms with E-state index in [0.29, 0.717) is 5.82 Å². The molecule has 0 aliphatic rings. The number of aliphatic imine (C=N–C) groups is 1. The van der Waals surface area contributed by atoms with Crippen molar-refractivity contribution in [3.05, 3.63) is 57.2 Å². The lowest BCUT2D eigenvalue weighted by Crippen LogP contribution is -2.14. The van der Waals surface area contributed by atoms with E-state index < -0.39 is 0 Å². The van der Waals surface area contributed by atoms with Gasteiger partial charge in [-0.3, -0.25) is 0 Å². The largest absolute Gasteiger partial charge is 0.366 e. The predicted molar refractivity (Wildman–Crippen MR) is 113 cm³/mol. The normalized spacial score (nSPS) is 11.3. The lowest BCUT2D eigenvalue weighted by molar-refractivity contribution is 0.552. The predicted octanol–water partition coefficient (Wildman–Crippen LogP) is 4.73. The van der Waals surface area contributed by atoms with Crippen molar-refractivity contribution in [3.63, 3.8) is 0 Å². The molecule has 140 valence electrons. The van der Waals surface area contributed by atoms with Crippen LogP contribution in [0.2, 0.25) is 0 Å². The minimum absolute atomic E-state index is 0.681. The molecule has 1 aromatic carbocycles. The fourth-order valence-corrected chi connectivity index (χ4v) is 3.41. The van der Waals surface area contributed by atoms with Crippen LogP contribution in [0.4, 0.5) is 5.69 Å². The Bertz CT molecular complexity index is 944. The highest BCUT2D eigenvalue weighted by Crippen LogP contribution is 2.27. The molecule has 27 heavy (non-hydrogen) atoms. The van der Waals surface area contributed by atoms with Crippen molar-refractivity contribution in [2.45, 2.75) is 34.1 Å². The maximum absolute atomic E-state index is 4.73. The van der Waals surface area contributed by atoms with E-state index in [1.807, 2.05) is 38.1 Å². The summed E-state index contributed by atoms with van der Waals surface area (Å²) in [6.07, 6.45) is 6.34. The third-order valence-electron chi connectivity index (χ3n) is 4.45. The van der Waals surface area contributed by atoms with Gasteiger partial charge in [0.2, 0.25) is 0 Å². The minimum Gasteiger partial charge on any atom is -0.366 e. The molecule has 5 nitrogen and oxygen atoms in total. The number of nitrogens with zero attached hydrogens (tertiary/aromatic N) is 5. The molecular formula is C21H25N5S. The molecule has 2 heterocycles. The molecule has 0 unspecified atom stereocenters. The van der Waals surface area contributed by atoms with E-state index in [1.165, 1.54) is 16.7 Å². The van der Waals surface area contributed by atoms with Crippen LogP contribution < -0.4 is 0 Å². The SMILES string of the molecule is CCN(C)/C=N/c1cc(C)c(Cc2nc(-c3ncc(C)cn3)cs2)cc1C. The highest BCUT2D eigenvalue weighted by atomic mass is 32.1. The Morgan fingerprint density at radius 1 is 1.11 bits per heavy atom. The van der Waals surface area contributed by atoms with Crippen LogP contribution in [0, 0.1) is 20.8 Å². The Kier molecular flexibility index (Phi) is 5.96. The van der Waals surface area contributed by atoms with Crippen molar-refractivity contribution in [1.82, 2.24) is 19.9 Å². The number of aryl methyl sites for hydroxylation is 3. The van der Waals surface area contributed by atoms with Gasteiger partial charge in [-0.15, -0.1) is 11.3 Å². The molecule has 0 N–H and O–H groups in total. The van der Waals surface area contributed by atoms with Gasteiger partial charge in [-0.25, -0.2) is 19.9 Å². The fraction of sp³-hybridized carbons (Fsp3) is 0.333. The van der Waals surface area contributed by atoms with E-state index in [-0.39, 0.29) is 0 Å². The van der Waals surface area contributed by atoms with Gasteiger partial charge in [0.1, 0.15) is 5.69 Å². The van der Waals surface area contributed by atoms with Gasteiger partial charge in [0.25, 0.3) is 0 Å². The van der Waals surface area contributed by atoms with Crippen molar-refractivity contribution in [1.29, 1.82) is 0 Å². The molecule has 0 aliphatic heterocycles. The van der Waals surface area contributed by atoms with Crippen LogP contribution in [-0.4, -0.2) is 39.8 Å². The van der Waals surface area contributed by atoms with Gasteiger partial charge in [-0.1, -0.05) is 6.07 Å². The van der Waals surface area contributed by atoms with Crippen molar-refractivity contribution in [2.75, 3.05) is 13.6 Å². The zero-order valence-electron chi connectivity index (χ0n) is 16.5. The molecule has 0 saturated heterocycles. The molecule has 0 aliphatic carbocycles. The molecule has 0 radical (unpaired) electrons. The smallest absolute Gasteiger partial charge is 0.178 e. The van der Waals surface area contributed by atoms with E-state index in [4.69, 9.17) is 4.98 Å². The van der Waals surface area contributed by atoms with E-state index >= 15 is 0 Å². The molecule has 3 rings (SSSR count). The zero-order chi connectivity index (χ0) is 19.4. The summed E-state index contributed by atoms with van der Waals surface area (Å²) in [5.41, 5.74) is 6.59. The minimum atomic E-state index is 0.681. The van der Waals surface area contributed by atoms with Crippen LogP contribution in [0.1, 0.15) is 34.2 Å². The van der Waals surface area contributed by atoms with Crippen molar-refractivity contribution < 1.29 is 0 Å². The lowest BCUT2D eigenvalue weighted by Gasteiger charge is -2.11. The second-order valence-corrected chi connectivity index (χ2v) is 7.71. The highest BCUT2D eigenvalue weighted by molar-refractivity contribution is 7.10. The Hall–Kier alpha value is -2.60. The number of benzene rings is 1. The average molecular weight is 380 g/mol. The molecular weight excluding hydrogens is 354 g/mol. The summed E-state index contributed by atoms with van der Waals surface area (Å²) in [5.74, 6) is 0.681. The molecule has 0 atom stereocenters. The number of aromatic nitrogens is 3. The zero-order valence-corrected chi connectivity index (χ0v) is 17.3. The van der Waals surface area contributed by atoms with Crippen LogP contribution in [0.3, 0.4) is 0 Å². The summed E-state index contributed by atoms with van der Waals surface area (Å²) >= 11 is 1.65. The molecule has 2 aromatic heterocycles. The standard InChI is InChI=1S/C21H25N5S/c1-6-26(5)13-24-18-8-15(3)17(7-16(18)4)9-20-25-19(12-27-20)21-22-10-14(2)11-23-21/h7-8,10-13H,6,9H2,1-5H3/b24-13+. The second-order valence-electron chi connectivity index (χ2n) is 6.77. The monoisotopic (exact) mass is 379 g/mol. The molecule has 0 amide bonds. The first-order valence-electron chi connectivity index (χ1n) is 9.04. The highest BCUT2D eigenvalue weighted by Gasteiger charge is 2.10. The lowest BCUT2D eigenvalue weighted by atomic mass is 10.0. The topological polar surface area (TPSA) is 54.3 Å². The molecule has 0 fully saturated rings. The summed E-state index contributed by atoms with van der Waals surface area (Å²) in [7, 11) is 2.03. The first-order chi connectivity index (χ1) is 13.0. The van der Waals surface area contributed by atoms with Crippen LogP contribution in [0.25, 0.3) is 11.5 Å². The van der Waals surface area contributed by atoms with Gasteiger partial charge in [0, 0.05) is 37.8 Å². The Balaban J connectivity index is 1.79. The fourth-order valence-electron chi connectivity index (χ4n) is 2.62. The Morgan fingerprint density at radius 2 is 1.85 bits per heavy atom. The maximum atomic E-state index is 4.73. The van der Waals surface area contributed by atoms with Gasteiger partial charge >= 0.3 is 0 Å². The Labute approximate surface area is 164 Å². The first kappa shape index (κ1) is 19.2. The van der Waals surface area contributed by atoms with Crippen LogP contribution in [-0.2, 0) is 6.42 Å². The van der Waals surface area contributed by atoms with E-state index in [1.54, 1.807) is 11.3 Å². The number of hydrogen-bond donors (Lipinski definition) is 0. The number of rotatable bonds is 6. The van der Waals surface area contributed by atoms with E-state index in [0.717, 1.165) is 34.9 Å². The van der Waals surface area contributed by atoms with E-state index in [2.05, 4.69) is 52.8 Å². The summed E-state index contributed by atoms with van der Waals surface area (Å²) in [5, 5.41) is 3.10. The van der Waals surface area contributed by atoms with Gasteiger partial charge in [0.05, 0.1) is 17.0 Å². The number of thiazole rings is 1. The van der Waals surface area contributed by atoms with Crippen molar-refractivity contribution in [2.24, 2.45) is 4.99 Å². The van der Waals surface area contributed by atoms with Crippen molar-refractivity contribution in [3.8, 4) is 11.5 Å². The summed E-state index contributed by atoms with van der Waals surface area (Å²) < 4.78 is 0. The van der Waals surface area contributed by atoms with Gasteiger partial charge in [-0.05, 0) is 56.0 Å². The molecule has 3 aromatic rings. The quantitative estimate of drug-likeness (QED) is 0.459. The summed E-state index contributed by atoms with van der Waals surface area (Å²) in [6.45, 7) is 9.27. The van der Waals surface area contributed by atoms with Gasteiger partial charge in [-0.2, -0.15) is 0 Å². The molecule has 6 heteroatoms. The van der Waals surface area contributed by atoms with Crippen LogP contribution in [0.5, 0.6) is 0 Å². The molecule has 0 spiro atoms. The van der Waals surface area contributed by atoms with Crippen LogP contribution in [0.15, 0.2) is 34.9 Å². The van der Waals surface area contributed by atoms with Gasteiger partial charge in [0.15, 0.2) is 5.82 Å². The second kappa shape index (κ2) is 8.39. The Morgan fingerprint density at radius 3 is 2.56 bits per heavy atom. The third kappa shape index (κ3) is 4.77. The third-order valence-corrected chi connectivity index (χ3v) is 5.30. The number of hydrogen-bond acceptors (Lipinski definition) is 5. The molecule has 0 bridgehead atoms. The maximum Gasteiger partial charge on any atom is 0.178 e. The van der Waals surface area contributed by atoms with Gasteiger partial charge < -0.3 is 4.90 Å². The average Bonchev–Trinajstić information content (AvgIpc) is 3.12. The summed E-state index contributed by atoms with van der Waals surface area (Å²) in [6, 6.07) is 4.37. The first-order valence-corrected chi connectivity index (χ1v) is 9.92. The summed E-state index contributed by atoms with van der Waals surface area (Å²) in [4.78, 5) is 20.1. The van der Waals surface area contributed by atoms with Crippen molar-refractivity contribution >= 4 is 23.4 Å². The van der Waals surface area contributed by atoms with E-state index in [9.17, 15) is 0 Å².